The van der Waals surface area contributed by atoms with Crippen LogP contribution in [0.3, 0.4) is 0 Å². The van der Waals surface area contributed by atoms with Gasteiger partial charge in [0.2, 0.25) is 5.78 Å². The molecule has 0 aliphatic carbocycles. The summed E-state index contributed by atoms with van der Waals surface area (Å²) < 4.78 is 11.4. The summed E-state index contributed by atoms with van der Waals surface area (Å²) >= 11 is 1.28. The number of methoxy groups -OCH3 is 1. The molecule has 3 heterocycles. The third-order valence-corrected chi connectivity index (χ3v) is 7.55. The molecule has 2 aliphatic heterocycles. The number of thiazole rings is 1. The van der Waals surface area contributed by atoms with E-state index in [4.69, 9.17) is 9.47 Å². The number of aliphatic hydroxyl groups excluding tert-OH is 1. The largest absolute Gasteiger partial charge is 0.503 e. The summed E-state index contributed by atoms with van der Waals surface area (Å²) in [5, 5.41) is 11.7. The summed E-state index contributed by atoms with van der Waals surface area (Å²) in [6.07, 6.45) is 3.14. The van der Waals surface area contributed by atoms with Crippen molar-refractivity contribution in [2.75, 3.05) is 39.9 Å². The fraction of sp³-hybridized carbons (Fsp3) is 0.500. The molecule has 1 amide bonds. The van der Waals surface area contributed by atoms with E-state index in [0.717, 1.165) is 37.4 Å². The van der Waals surface area contributed by atoms with E-state index in [0.29, 0.717) is 47.3 Å². The van der Waals surface area contributed by atoms with E-state index in [2.05, 4.69) is 9.88 Å². The first-order chi connectivity index (χ1) is 16.8. The van der Waals surface area contributed by atoms with Crippen LogP contribution in [0, 0.1) is 13.8 Å². The van der Waals surface area contributed by atoms with Crippen molar-refractivity contribution in [2.24, 2.45) is 0 Å². The number of aliphatic hydroxyl groups is 1. The van der Waals surface area contributed by atoms with Gasteiger partial charge in [-0.1, -0.05) is 13.0 Å². The first kappa shape index (κ1) is 25.2. The number of carbonyl (C=O) groups is 2. The zero-order valence-electron chi connectivity index (χ0n) is 20.8. The Hall–Kier alpha value is -2.91. The molecule has 0 radical (unpaired) electrons. The third kappa shape index (κ3) is 5.06. The summed E-state index contributed by atoms with van der Waals surface area (Å²) in [6, 6.07) is 4.70. The van der Waals surface area contributed by atoms with Crippen LogP contribution >= 0.6 is 11.3 Å². The van der Waals surface area contributed by atoms with Crippen LogP contribution in [0.1, 0.15) is 58.2 Å². The van der Waals surface area contributed by atoms with Gasteiger partial charge in [0.15, 0.2) is 17.3 Å². The van der Waals surface area contributed by atoms with Crippen LogP contribution in [0.4, 0.5) is 0 Å². The Morgan fingerprint density at radius 2 is 1.94 bits per heavy atom. The van der Waals surface area contributed by atoms with E-state index in [1.165, 1.54) is 11.3 Å². The number of likely N-dealkylation sites (tertiary alicyclic amines) is 1. The molecule has 9 heteroatoms. The number of amides is 1. The monoisotopic (exact) mass is 499 g/mol. The second-order valence-electron chi connectivity index (χ2n) is 8.95. The fourth-order valence-electron chi connectivity index (χ4n) is 4.77. The zero-order chi connectivity index (χ0) is 25.1. The smallest absolute Gasteiger partial charge is 0.290 e. The molecule has 8 nitrogen and oxygen atoms in total. The SMILES string of the molecule is CCCOc1ccc(C2C(C(=O)c3sc(C)nc3C)=C(O)C(=O)N2CCN2CCCC2)cc1OC. The maximum Gasteiger partial charge on any atom is 0.290 e. The maximum atomic E-state index is 13.7. The number of Topliss-reactive ketones (excluding diaryl/α,β-unsaturated/α-hetero) is 1. The highest BCUT2D eigenvalue weighted by Crippen LogP contribution is 2.42. The highest BCUT2D eigenvalue weighted by molar-refractivity contribution is 7.14. The maximum absolute atomic E-state index is 13.7. The molecule has 0 spiro atoms. The Morgan fingerprint density at radius 1 is 1.20 bits per heavy atom. The molecule has 188 valence electrons. The minimum Gasteiger partial charge on any atom is -0.503 e. The number of benzene rings is 1. The van der Waals surface area contributed by atoms with Gasteiger partial charge < -0.3 is 24.4 Å². The highest BCUT2D eigenvalue weighted by Gasteiger charge is 2.44. The lowest BCUT2D eigenvalue weighted by molar-refractivity contribution is -0.129. The number of carbonyl (C=O) groups excluding carboxylic acids is 2. The van der Waals surface area contributed by atoms with E-state index >= 15 is 0 Å². The predicted octanol–water partition coefficient (Wildman–Crippen LogP) is 4.23. The number of ether oxygens (including phenoxy) is 2. The lowest BCUT2D eigenvalue weighted by Gasteiger charge is -2.29. The number of aromatic nitrogens is 1. The van der Waals surface area contributed by atoms with Gasteiger partial charge >= 0.3 is 0 Å². The van der Waals surface area contributed by atoms with Gasteiger partial charge in [0, 0.05) is 13.1 Å². The average Bonchev–Trinajstić information content (AvgIpc) is 3.55. The Balaban J connectivity index is 1.74. The van der Waals surface area contributed by atoms with Crippen molar-refractivity contribution in [1.82, 2.24) is 14.8 Å². The molecular weight excluding hydrogens is 466 g/mol. The third-order valence-electron chi connectivity index (χ3n) is 6.48. The molecule has 2 aliphatic rings. The summed E-state index contributed by atoms with van der Waals surface area (Å²) in [4.78, 5) is 35.7. The van der Waals surface area contributed by atoms with E-state index in [9.17, 15) is 14.7 Å². The number of nitrogens with zero attached hydrogens (tertiary/aromatic N) is 3. The van der Waals surface area contributed by atoms with E-state index < -0.39 is 17.7 Å². The summed E-state index contributed by atoms with van der Waals surface area (Å²) in [5.74, 6) is -0.260. The van der Waals surface area contributed by atoms with Crippen LogP contribution in [-0.4, -0.2) is 71.5 Å². The normalized spacial score (nSPS) is 18.6. The van der Waals surface area contributed by atoms with Crippen molar-refractivity contribution in [2.45, 2.75) is 46.1 Å². The first-order valence-electron chi connectivity index (χ1n) is 12.1. The Morgan fingerprint density at radius 3 is 2.57 bits per heavy atom. The topological polar surface area (TPSA) is 92.2 Å². The van der Waals surface area contributed by atoms with Gasteiger partial charge in [-0.2, -0.15) is 0 Å². The van der Waals surface area contributed by atoms with Gasteiger partial charge in [-0.25, -0.2) is 4.98 Å². The molecule has 1 atom stereocenters. The van der Waals surface area contributed by atoms with Gasteiger partial charge in [0.25, 0.3) is 5.91 Å². The number of hydrogen-bond donors (Lipinski definition) is 1. The van der Waals surface area contributed by atoms with Crippen molar-refractivity contribution in [3.63, 3.8) is 0 Å². The molecule has 1 aromatic heterocycles. The Labute approximate surface area is 210 Å². The van der Waals surface area contributed by atoms with Gasteiger partial charge in [0.1, 0.15) is 0 Å². The summed E-state index contributed by atoms with van der Waals surface area (Å²) in [6.45, 7) is 9.26. The molecule has 4 rings (SSSR count). The highest BCUT2D eigenvalue weighted by atomic mass is 32.1. The van der Waals surface area contributed by atoms with Crippen LogP contribution in [0.5, 0.6) is 11.5 Å². The van der Waals surface area contributed by atoms with Gasteiger partial charge in [-0.15, -0.1) is 11.3 Å². The molecule has 1 fully saturated rings. The van der Waals surface area contributed by atoms with Crippen LogP contribution in [0.25, 0.3) is 0 Å². The second-order valence-corrected chi connectivity index (χ2v) is 10.2. The average molecular weight is 500 g/mol. The molecule has 35 heavy (non-hydrogen) atoms. The van der Waals surface area contributed by atoms with E-state index in [-0.39, 0.29) is 11.4 Å². The molecule has 0 saturated carbocycles. The van der Waals surface area contributed by atoms with Crippen LogP contribution in [0.15, 0.2) is 29.5 Å². The number of rotatable bonds is 10. The first-order valence-corrected chi connectivity index (χ1v) is 12.9. The molecule has 1 saturated heterocycles. The summed E-state index contributed by atoms with van der Waals surface area (Å²) in [7, 11) is 1.56. The summed E-state index contributed by atoms with van der Waals surface area (Å²) in [5.41, 5.74) is 1.37. The van der Waals surface area contributed by atoms with Crippen molar-refractivity contribution >= 4 is 23.0 Å². The Bertz CT molecular complexity index is 1140. The molecule has 1 N–H and O–H groups in total. The molecule has 1 aromatic carbocycles. The van der Waals surface area contributed by atoms with Crippen LogP contribution in [0.2, 0.25) is 0 Å². The quantitative estimate of drug-likeness (QED) is 0.489. The molecular formula is C26H33N3O5S. The van der Waals surface area contributed by atoms with Crippen molar-refractivity contribution in [3.8, 4) is 11.5 Å². The minimum absolute atomic E-state index is 0.0902. The van der Waals surface area contributed by atoms with E-state index in [1.54, 1.807) is 31.1 Å². The van der Waals surface area contributed by atoms with E-state index in [1.807, 2.05) is 19.9 Å². The van der Waals surface area contributed by atoms with Crippen LogP contribution < -0.4 is 9.47 Å². The lowest BCUT2D eigenvalue weighted by Crippen LogP contribution is -2.38. The number of hydrogen-bond acceptors (Lipinski definition) is 8. The predicted molar refractivity (Wildman–Crippen MR) is 134 cm³/mol. The zero-order valence-corrected chi connectivity index (χ0v) is 21.6. The van der Waals surface area contributed by atoms with Gasteiger partial charge in [0.05, 0.1) is 40.9 Å². The standard InChI is InChI=1S/C26H33N3O5S/c1-5-14-34-19-9-8-18(15-20(19)33-4)22-21(23(30)25-16(2)27-17(3)35-25)24(31)26(32)29(22)13-12-28-10-6-7-11-28/h8-9,15,22,31H,5-7,10-14H2,1-4H3. The molecule has 2 aromatic rings. The number of aryl methyl sites for hydroxylation is 2. The Kier molecular flexibility index (Phi) is 7.76. The van der Waals surface area contributed by atoms with Gasteiger partial charge in [-0.3, -0.25) is 9.59 Å². The van der Waals surface area contributed by atoms with Crippen molar-refractivity contribution in [3.05, 3.63) is 50.7 Å². The van der Waals surface area contributed by atoms with Gasteiger partial charge in [-0.05, 0) is 63.9 Å². The minimum atomic E-state index is -0.728. The van der Waals surface area contributed by atoms with Crippen LogP contribution in [-0.2, 0) is 4.79 Å². The second kappa shape index (κ2) is 10.8. The lowest BCUT2D eigenvalue weighted by atomic mass is 9.94. The molecule has 0 bridgehead atoms. The van der Waals surface area contributed by atoms with Crippen molar-refractivity contribution in [1.29, 1.82) is 0 Å². The number of ketones is 1. The fourth-order valence-corrected chi connectivity index (χ4v) is 5.64. The van der Waals surface area contributed by atoms with Crippen molar-refractivity contribution < 1.29 is 24.2 Å². The molecule has 1 unspecified atom stereocenters.